The molecule has 3 nitrogen and oxygen atoms in total. The molecule has 0 aliphatic heterocycles. The molecule has 0 atom stereocenters. The predicted molar refractivity (Wildman–Crippen MR) is 62.0 cm³/mol. The molecule has 0 spiro atoms. The standard InChI is InChI=1S/C13H11N2O/c14-15-12-6-8-13(9-7-12)16-10-11-4-2-1-3-5-11/h1-9H,10H2/q+1. The van der Waals surface area contributed by atoms with Crippen LogP contribution in [0.25, 0.3) is 4.98 Å². The van der Waals surface area contributed by atoms with Gasteiger partial charge in [-0.3, -0.25) is 0 Å². The van der Waals surface area contributed by atoms with E-state index >= 15 is 0 Å². The molecule has 0 fully saturated rings. The molecule has 0 heterocycles. The minimum atomic E-state index is 0.520. The molecule has 0 N–H and O–H groups in total. The summed E-state index contributed by atoms with van der Waals surface area (Å²) in [5, 5.41) is 8.52. The van der Waals surface area contributed by atoms with Gasteiger partial charge in [0, 0.05) is 12.1 Å². The second-order valence-electron chi connectivity index (χ2n) is 3.37. The Morgan fingerprint density at radius 1 is 0.938 bits per heavy atom. The first-order valence-corrected chi connectivity index (χ1v) is 5.00. The third-order valence-electron chi connectivity index (χ3n) is 2.20. The van der Waals surface area contributed by atoms with Crippen molar-refractivity contribution in [2.45, 2.75) is 6.61 Å². The molecule has 0 saturated carbocycles. The van der Waals surface area contributed by atoms with Crippen molar-refractivity contribution < 1.29 is 4.74 Å². The Bertz CT molecular complexity index is 486. The van der Waals surface area contributed by atoms with Crippen LogP contribution in [0.1, 0.15) is 5.56 Å². The number of ether oxygens (including phenoxy) is 1. The summed E-state index contributed by atoms with van der Waals surface area (Å²) in [6.07, 6.45) is 0. The molecule has 2 aromatic rings. The lowest BCUT2D eigenvalue weighted by Crippen LogP contribution is -1.94. The Kier molecular flexibility index (Phi) is 3.15. The van der Waals surface area contributed by atoms with Crippen LogP contribution in [0, 0.1) is 5.39 Å². The SMILES string of the molecule is N#[N+]c1ccc(OCc2ccccc2)cc1. The maximum absolute atomic E-state index is 8.52. The molecule has 0 aliphatic carbocycles. The molecule has 3 heteroatoms. The van der Waals surface area contributed by atoms with Gasteiger partial charge in [0.15, 0.2) is 4.98 Å². The number of rotatable bonds is 3. The van der Waals surface area contributed by atoms with E-state index in [1.54, 1.807) is 24.3 Å². The quantitative estimate of drug-likeness (QED) is 0.725. The zero-order valence-electron chi connectivity index (χ0n) is 8.71. The highest BCUT2D eigenvalue weighted by molar-refractivity contribution is 5.46. The summed E-state index contributed by atoms with van der Waals surface area (Å²) in [5.74, 6) is 0.760. The van der Waals surface area contributed by atoms with E-state index in [2.05, 4.69) is 4.98 Å². The van der Waals surface area contributed by atoms with Crippen LogP contribution in [-0.4, -0.2) is 0 Å². The molecule has 0 amide bonds. The number of hydrogen-bond donors (Lipinski definition) is 0. The van der Waals surface area contributed by atoms with E-state index in [1.165, 1.54) is 0 Å². The first-order valence-electron chi connectivity index (χ1n) is 5.00. The zero-order valence-corrected chi connectivity index (χ0v) is 8.71. The van der Waals surface area contributed by atoms with Crippen molar-refractivity contribution in [3.05, 3.63) is 65.1 Å². The van der Waals surface area contributed by atoms with Crippen LogP contribution in [0.2, 0.25) is 0 Å². The lowest BCUT2D eigenvalue weighted by molar-refractivity contribution is 0.306. The van der Waals surface area contributed by atoms with Crippen molar-refractivity contribution in [1.82, 2.24) is 0 Å². The largest absolute Gasteiger partial charge is 0.489 e. The normalized spacial score (nSPS) is 9.44. The summed E-state index contributed by atoms with van der Waals surface area (Å²) in [6, 6.07) is 16.9. The highest BCUT2D eigenvalue weighted by atomic mass is 16.5. The summed E-state index contributed by atoms with van der Waals surface area (Å²) in [7, 11) is 0. The zero-order chi connectivity index (χ0) is 11.2. The minimum absolute atomic E-state index is 0.520. The van der Waals surface area contributed by atoms with E-state index in [1.807, 2.05) is 30.3 Å². The molecule has 0 bridgehead atoms. The molecule has 0 aromatic heterocycles. The number of diazo groups is 1. The number of benzene rings is 2. The topological polar surface area (TPSA) is 37.4 Å². The Morgan fingerprint density at radius 3 is 2.25 bits per heavy atom. The van der Waals surface area contributed by atoms with Crippen LogP contribution in [0.15, 0.2) is 54.6 Å². The molecular formula is C13H11N2O+. The van der Waals surface area contributed by atoms with Gasteiger partial charge in [-0.1, -0.05) is 30.3 Å². The van der Waals surface area contributed by atoms with Gasteiger partial charge in [-0.15, -0.1) is 0 Å². The first kappa shape index (κ1) is 10.2. The lowest BCUT2D eigenvalue weighted by Gasteiger charge is -2.04. The monoisotopic (exact) mass is 211 g/mol. The fourth-order valence-electron chi connectivity index (χ4n) is 1.35. The molecular weight excluding hydrogens is 200 g/mol. The molecule has 2 aromatic carbocycles. The maximum atomic E-state index is 8.52. The molecule has 16 heavy (non-hydrogen) atoms. The highest BCUT2D eigenvalue weighted by Gasteiger charge is 2.03. The van der Waals surface area contributed by atoms with Gasteiger partial charge in [-0.25, -0.2) is 0 Å². The summed E-state index contributed by atoms with van der Waals surface area (Å²) < 4.78 is 5.57. The van der Waals surface area contributed by atoms with Crippen LogP contribution in [0.3, 0.4) is 0 Å². The van der Waals surface area contributed by atoms with Gasteiger partial charge in [-0.2, -0.15) is 0 Å². The molecule has 0 saturated heterocycles. The van der Waals surface area contributed by atoms with E-state index in [4.69, 9.17) is 10.1 Å². The van der Waals surface area contributed by atoms with Crippen molar-refractivity contribution in [3.8, 4) is 5.75 Å². The molecule has 0 radical (unpaired) electrons. The van der Waals surface area contributed by atoms with Gasteiger partial charge in [0.2, 0.25) is 5.39 Å². The van der Waals surface area contributed by atoms with E-state index in [-0.39, 0.29) is 0 Å². The van der Waals surface area contributed by atoms with Gasteiger partial charge in [-0.05, 0) is 17.7 Å². The Balaban J connectivity index is 1.98. The Hall–Kier alpha value is -2.34. The van der Waals surface area contributed by atoms with Crippen LogP contribution in [-0.2, 0) is 6.61 Å². The average Bonchev–Trinajstić information content (AvgIpc) is 2.38. The maximum Gasteiger partial charge on any atom is 0.385 e. The summed E-state index contributed by atoms with van der Waals surface area (Å²) in [5.41, 5.74) is 1.64. The van der Waals surface area contributed by atoms with Gasteiger partial charge in [0.1, 0.15) is 12.4 Å². The second kappa shape index (κ2) is 4.94. The van der Waals surface area contributed by atoms with Crippen LogP contribution < -0.4 is 4.74 Å². The lowest BCUT2D eigenvalue weighted by atomic mass is 10.2. The van der Waals surface area contributed by atoms with E-state index in [9.17, 15) is 0 Å². The third kappa shape index (κ3) is 2.58. The number of nitrogens with zero attached hydrogens (tertiary/aromatic N) is 2. The van der Waals surface area contributed by atoms with Crippen molar-refractivity contribution in [3.63, 3.8) is 0 Å². The Morgan fingerprint density at radius 2 is 1.62 bits per heavy atom. The van der Waals surface area contributed by atoms with E-state index < -0.39 is 0 Å². The minimum Gasteiger partial charge on any atom is -0.489 e. The van der Waals surface area contributed by atoms with Crippen LogP contribution in [0.5, 0.6) is 5.75 Å². The van der Waals surface area contributed by atoms with Crippen molar-refractivity contribution in [2.24, 2.45) is 0 Å². The number of hydrogen-bond acceptors (Lipinski definition) is 2. The first-order chi connectivity index (χ1) is 7.88. The fraction of sp³-hybridized carbons (Fsp3) is 0.0769. The van der Waals surface area contributed by atoms with Crippen LogP contribution >= 0.6 is 0 Å². The molecule has 78 valence electrons. The predicted octanol–water partition coefficient (Wildman–Crippen LogP) is 3.75. The summed E-state index contributed by atoms with van der Waals surface area (Å²) in [6.45, 7) is 0.538. The van der Waals surface area contributed by atoms with Gasteiger partial charge < -0.3 is 4.74 Å². The Labute approximate surface area is 93.9 Å². The summed E-state index contributed by atoms with van der Waals surface area (Å²) in [4.78, 5) is 3.07. The fourth-order valence-corrected chi connectivity index (χ4v) is 1.35. The van der Waals surface area contributed by atoms with Crippen molar-refractivity contribution in [2.75, 3.05) is 0 Å². The summed E-state index contributed by atoms with van der Waals surface area (Å²) >= 11 is 0. The smallest absolute Gasteiger partial charge is 0.385 e. The molecule has 0 aliphatic rings. The van der Waals surface area contributed by atoms with Gasteiger partial charge >= 0.3 is 5.69 Å². The highest BCUT2D eigenvalue weighted by Crippen LogP contribution is 2.18. The van der Waals surface area contributed by atoms with Crippen LogP contribution in [0.4, 0.5) is 5.69 Å². The average molecular weight is 211 g/mol. The third-order valence-corrected chi connectivity index (χ3v) is 2.20. The van der Waals surface area contributed by atoms with Crippen molar-refractivity contribution >= 4 is 5.69 Å². The van der Waals surface area contributed by atoms with Crippen molar-refractivity contribution in [1.29, 1.82) is 5.39 Å². The van der Waals surface area contributed by atoms with E-state index in [0.29, 0.717) is 12.3 Å². The van der Waals surface area contributed by atoms with Gasteiger partial charge in [0.25, 0.3) is 0 Å². The molecule has 0 unspecified atom stereocenters. The van der Waals surface area contributed by atoms with E-state index in [0.717, 1.165) is 11.3 Å². The second-order valence-corrected chi connectivity index (χ2v) is 3.37. The van der Waals surface area contributed by atoms with Gasteiger partial charge in [0.05, 0.1) is 0 Å². The molecule has 2 rings (SSSR count).